The number of anilines is 1. The molecule has 0 aliphatic carbocycles. The van der Waals surface area contributed by atoms with E-state index >= 15 is 0 Å². The zero-order valence-electron chi connectivity index (χ0n) is 14.5. The summed E-state index contributed by atoms with van der Waals surface area (Å²) in [4.78, 5) is 49.7. The van der Waals surface area contributed by atoms with Gasteiger partial charge in [0.2, 0.25) is 5.91 Å². The largest absolute Gasteiger partial charge is 0.461 e. The lowest BCUT2D eigenvalue weighted by Gasteiger charge is -2.24. The summed E-state index contributed by atoms with van der Waals surface area (Å²) >= 11 is 0. The van der Waals surface area contributed by atoms with Crippen LogP contribution in [0, 0.1) is 4.91 Å². The van der Waals surface area contributed by atoms with Crippen LogP contribution >= 0.6 is 0 Å². The Morgan fingerprint density at radius 2 is 1.92 bits per heavy atom. The molecule has 1 aromatic rings. The normalized spacial score (nSPS) is 22.2. The molecule has 2 amide bonds. The van der Waals surface area contributed by atoms with Crippen LogP contribution in [0.25, 0.3) is 0 Å². The predicted octanol–water partition coefficient (Wildman–Crippen LogP) is 1.56. The number of benzene rings is 1. The highest BCUT2D eigenvalue weighted by atomic mass is 16.5. The maximum Gasteiger partial charge on any atom is 0.354 e. The van der Waals surface area contributed by atoms with Gasteiger partial charge in [-0.2, -0.15) is 0 Å². The molecule has 0 bridgehead atoms. The van der Waals surface area contributed by atoms with Gasteiger partial charge in [-0.1, -0.05) is 19.1 Å². The first-order valence-corrected chi connectivity index (χ1v) is 8.31. The Kier molecular flexibility index (Phi) is 4.54. The molecule has 1 atom stereocenters. The van der Waals surface area contributed by atoms with Crippen molar-refractivity contribution in [2.45, 2.75) is 38.6 Å². The Balaban J connectivity index is 1.92. The molecule has 0 saturated carbocycles. The van der Waals surface area contributed by atoms with E-state index in [-0.39, 0.29) is 25.2 Å². The van der Waals surface area contributed by atoms with Crippen molar-refractivity contribution in [1.82, 2.24) is 5.12 Å². The SMILES string of the molecule is CCOC(=O)C1=NN(N=O)C2(CC(=O)N(c3ccc(CC)cc3)C2=O)C1. The minimum atomic E-state index is -1.61. The lowest BCUT2D eigenvalue weighted by atomic mass is 9.92. The lowest BCUT2D eigenvalue weighted by molar-refractivity contribution is -0.135. The topological polar surface area (TPSA) is 109 Å². The number of amides is 2. The quantitative estimate of drug-likeness (QED) is 0.449. The van der Waals surface area contributed by atoms with E-state index in [1.54, 1.807) is 19.1 Å². The standard InChI is InChI=1S/C17H18N4O5/c1-3-11-5-7-12(8-6-11)20-14(22)10-17(16(20)24)9-13(15(23)26-4-2)18-21(17)19-25/h5-8H,3-4,9-10H2,1-2H3. The minimum absolute atomic E-state index is 0.101. The molecule has 26 heavy (non-hydrogen) atoms. The van der Waals surface area contributed by atoms with Crippen LogP contribution in [0.3, 0.4) is 0 Å². The highest BCUT2D eigenvalue weighted by Gasteiger charge is 2.61. The molecule has 2 aliphatic rings. The molecule has 2 aliphatic heterocycles. The first-order chi connectivity index (χ1) is 12.5. The number of hydrogen-bond donors (Lipinski definition) is 0. The van der Waals surface area contributed by atoms with Gasteiger partial charge in [0.25, 0.3) is 5.91 Å². The maximum atomic E-state index is 13.0. The number of rotatable bonds is 5. The van der Waals surface area contributed by atoms with E-state index in [4.69, 9.17) is 4.74 Å². The zero-order chi connectivity index (χ0) is 18.9. The third-order valence-corrected chi connectivity index (χ3v) is 4.54. The van der Waals surface area contributed by atoms with Crippen LogP contribution in [-0.2, 0) is 25.5 Å². The second kappa shape index (κ2) is 6.66. The van der Waals surface area contributed by atoms with Gasteiger partial charge in [-0.05, 0) is 31.0 Å². The number of nitrogens with zero attached hydrogens (tertiary/aromatic N) is 4. The van der Waals surface area contributed by atoms with Crippen LogP contribution in [0.15, 0.2) is 34.7 Å². The summed E-state index contributed by atoms with van der Waals surface area (Å²) in [7, 11) is 0. The van der Waals surface area contributed by atoms with E-state index in [2.05, 4.69) is 10.4 Å². The average molecular weight is 358 g/mol. The van der Waals surface area contributed by atoms with Crippen molar-refractivity contribution in [2.75, 3.05) is 11.5 Å². The predicted molar refractivity (Wildman–Crippen MR) is 92.0 cm³/mol. The van der Waals surface area contributed by atoms with Crippen molar-refractivity contribution in [1.29, 1.82) is 0 Å². The molecular formula is C17H18N4O5. The van der Waals surface area contributed by atoms with Gasteiger partial charge in [0.05, 0.1) is 24.0 Å². The number of ether oxygens (including phenoxy) is 1. The van der Waals surface area contributed by atoms with Gasteiger partial charge in [-0.25, -0.2) is 9.69 Å². The summed E-state index contributed by atoms with van der Waals surface area (Å²) in [5.41, 5.74) is -0.238. The fraction of sp³-hybridized carbons (Fsp3) is 0.412. The van der Waals surface area contributed by atoms with E-state index in [1.807, 2.05) is 19.1 Å². The summed E-state index contributed by atoms with van der Waals surface area (Å²) in [5, 5.41) is 7.17. The Labute approximate surface area is 149 Å². The molecule has 0 radical (unpaired) electrons. The maximum absolute atomic E-state index is 13.0. The van der Waals surface area contributed by atoms with Crippen molar-refractivity contribution in [2.24, 2.45) is 10.4 Å². The van der Waals surface area contributed by atoms with E-state index < -0.39 is 23.3 Å². The molecule has 1 saturated heterocycles. The molecule has 136 valence electrons. The third-order valence-electron chi connectivity index (χ3n) is 4.54. The summed E-state index contributed by atoms with van der Waals surface area (Å²) in [6.45, 7) is 3.75. The van der Waals surface area contributed by atoms with E-state index in [0.717, 1.165) is 16.9 Å². The molecule has 9 nitrogen and oxygen atoms in total. The van der Waals surface area contributed by atoms with Crippen molar-refractivity contribution >= 4 is 29.2 Å². The fourth-order valence-electron chi connectivity index (χ4n) is 3.18. The Morgan fingerprint density at radius 1 is 1.23 bits per heavy atom. The van der Waals surface area contributed by atoms with Crippen LogP contribution in [0.5, 0.6) is 0 Å². The number of carbonyl (C=O) groups excluding carboxylic acids is 3. The minimum Gasteiger partial charge on any atom is -0.461 e. The number of nitroso groups, excluding NO2 is 1. The smallest absolute Gasteiger partial charge is 0.354 e. The van der Waals surface area contributed by atoms with Crippen molar-refractivity contribution in [3.63, 3.8) is 0 Å². The summed E-state index contributed by atoms with van der Waals surface area (Å²) in [5.74, 6) is -1.84. The second-order valence-electron chi connectivity index (χ2n) is 6.08. The molecule has 3 rings (SSSR count). The highest BCUT2D eigenvalue weighted by Crippen LogP contribution is 2.40. The number of hydrogen-bond acceptors (Lipinski definition) is 7. The summed E-state index contributed by atoms with van der Waals surface area (Å²) in [6.07, 6.45) is 0.330. The molecule has 1 spiro atoms. The first kappa shape index (κ1) is 17.7. The van der Waals surface area contributed by atoms with Crippen molar-refractivity contribution in [3.05, 3.63) is 34.7 Å². The van der Waals surface area contributed by atoms with Gasteiger partial charge in [0.15, 0.2) is 11.3 Å². The molecule has 1 fully saturated rings. The van der Waals surface area contributed by atoms with Gasteiger partial charge in [-0.3, -0.25) is 9.59 Å². The Morgan fingerprint density at radius 3 is 2.50 bits per heavy atom. The zero-order valence-corrected chi connectivity index (χ0v) is 14.5. The van der Waals surface area contributed by atoms with Crippen LogP contribution in [0.2, 0.25) is 0 Å². The van der Waals surface area contributed by atoms with E-state index in [0.29, 0.717) is 10.8 Å². The van der Waals surface area contributed by atoms with Gasteiger partial charge in [-0.15, -0.1) is 15.1 Å². The molecule has 0 aromatic heterocycles. The number of carbonyl (C=O) groups is 3. The van der Waals surface area contributed by atoms with E-state index in [1.165, 1.54) is 0 Å². The van der Waals surface area contributed by atoms with E-state index in [9.17, 15) is 19.3 Å². The van der Waals surface area contributed by atoms with Gasteiger partial charge < -0.3 is 4.74 Å². The van der Waals surface area contributed by atoms with Gasteiger partial charge >= 0.3 is 5.97 Å². The fourth-order valence-corrected chi connectivity index (χ4v) is 3.18. The number of imide groups is 1. The molecule has 1 aromatic carbocycles. The average Bonchev–Trinajstić information content (AvgIpc) is 3.13. The summed E-state index contributed by atoms with van der Waals surface area (Å²) in [6, 6.07) is 7.00. The number of aryl methyl sites for hydroxylation is 1. The van der Waals surface area contributed by atoms with Crippen LogP contribution < -0.4 is 4.90 Å². The number of esters is 1. The molecule has 0 N–H and O–H groups in total. The highest BCUT2D eigenvalue weighted by molar-refractivity contribution is 6.39. The molecule has 2 heterocycles. The van der Waals surface area contributed by atoms with Gasteiger partial charge in [0.1, 0.15) is 0 Å². The molecule has 1 unspecified atom stereocenters. The second-order valence-corrected chi connectivity index (χ2v) is 6.08. The monoisotopic (exact) mass is 358 g/mol. The van der Waals surface area contributed by atoms with Crippen LogP contribution in [-0.4, -0.2) is 40.8 Å². The van der Waals surface area contributed by atoms with Crippen LogP contribution in [0.1, 0.15) is 32.3 Å². The van der Waals surface area contributed by atoms with Crippen molar-refractivity contribution < 1.29 is 19.1 Å². The van der Waals surface area contributed by atoms with Gasteiger partial charge in [0, 0.05) is 6.42 Å². The number of hydrazone groups is 1. The Hall–Kier alpha value is -3.10. The summed E-state index contributed by atoms with van der Waals surface area (Å²) < 4.78 is 4.87. The first-order valence-electron chi connectivity index (χ1n) is 8.31. The lowest BCUT2D eigenvalue weighted by Crippen LogP contribution is -2.48. The third kappa shape index (κ3) is 2.65. The Bertz CT molecular complexity index is 804. The van der Waals surface area contributed by atoms with Crippen LogP contribution in [0.4, 0.5) is 5.69 Å². The molecule has 9 heteroatoms. The molecular weight excluding hydrogens is 340 g/mol. The van der Waals surface area contributed by atoms with Crippen molar-refractivity contribution in [3.8, 4) is 0 Å².